The number of thioether (sulfide) groups is 1. The normalized spacial score (nSPS) is 11.6. The van der Waals surface area contributed by atoms with Crippen molar-refractivity contribution in [1.29, 1.82) is 0 Å². The minimum absolute atomic E-state index is 0.165. The lowest BCUT2D eigenvalue weighted by atomic mass is 10.2. The van der Waals surface area contributed by atoms with E-state index in [2.05, 4.69) is 20.2 Å². The van der Waals surface area contributed by atoms with Crippen molar-refractivity contribution in [2.24, 2.45) is 0 Å². The molecule has 0 saturated heterocycles. The van der Waals surface area contributed by atoms with Crippen LogP contribution in [-0.2, 0) is 11.2 Å². The number of pyridine rings is 1. The van der Waals surface area contributed by atoms with Crippen LogP contribution in [0.25, 0.3) is 6.08 Å². The van der Waals surface area contributed by atoms with Crippen molar-refractivity contribution >= 4 is 23.8 Å². The van der Waals surface area contributed by atoms with Crippen molar-refractivity contribution in [3.63, 3.8) is 0 Å². The van der Waals surface area contributed by atoms with E-state index in [0.29, 0.717) is 5.16 Å². The van der Waals surface area contributed by atoms with Crippen LogP contribution < -0.4 is 0 Å². The molecule has 7 heteroatoms. The average molecular weight is 290 g/mol. The van der Waals surface area contributed by atoms with E-state index in [4.69, 9.17) is 0 Å². The number of nitrogens with zero attached hydrogens (tertiary/aromatic N) is 3. The molecule has 2 aromatic heterocycles. The molecule has 0 aliphatic rings. The van der Waals surface area contributed by atoms with Crippen LogP contribution in [0.4, 0.5) is 0 Å². The van der Waals surface area contributed by atoms with E-state index in [-0.39, 0.29) is 4.91 Å². The van der Waals surface area contributed by atoms with Crippen LogP contribution in [0.3, 0.4) is 0 Å². The molecule has 0 aromatic carbocycles. The molecule has 0 saturated carbocycles. The molecule has 0 spiro atoms. The van der Waals surface area contributed by atoms with Crippen molar-refractivity contribution in [2.45, 2.75) is 24.9 Å². The number of rotatable bonds is 6. The molecule has 0 aliphatic carbocycles. The van der Waals surface area contributed by atoms with E-state index in [9.17, 15) is 9.90 Å². The number of nitrogens with one attached hydrogen (secondary N) is 1. The molecule has 6 nitrogen and oxygen atoms in total. The zero-order valence-electron chi connectivity index (χ0n) is 10.9. The van der Waals surface area contributed by atoms with Gasteiger partial charge in [-0.3, -0.25) is 10.1 Å². The van der Waals surface area contributed by atoms with Crippen LogP contribution in [0.1, 0.15) is 24.7 Å². The summed E-state index contributed by atoms with van der Waals surface area (Å²) in [6, 6.07) is 3.48. The Morgan fingerprint density at radius 2 is 2.20 bits per heavy atom. The molecule has 0 bridgehead atoms. The second-order valence-corrected chi connectivity index (χ2v) is 5.02. The lowest BCUT2D eigenvalue weighted by Gasteiger charge is -1.98. The van der Waals surface area contributed by atoms with E-state index in [1.165, 1.54) is 0 Å². The van der Waals surface area contributed by atoms with E-state index in [1.807, 2.05) is 6.92 Å². The summed E-state index contributed by atoms with van der Waals surface area (Å²) >= 11 is 1.03. The number of carbonyl (C=O) groups is 1. The van der Waals surface area contributed by atoms with E-state index < -0.39 is 5.97 Å². The molecule has 2 rings (SSSR count). The topological polar surface area (TPSA) is 91.8 Å². The van der Waals surface area contributed by atoms with Gasteiger partial charge in [0.05, 0.1) is 0 Å². The summed E-state index contributed by atoms with van der Waals surface area (Å²) in [4.78, 5) is 19.6. The molecular formula is C13H14N4O2S. The van der Waals surface area contributed by atoms with Gasteiger partial charge in [-0.2, -0.15) is 0 Å². The summed E-state index contributed by atoms with van der Waals surface area (Å²) in [7, 11) is 0. The van der Waals surface area contributed by atoms with Crippen LogP contribution in [0.5, 0.6) is 0 Å². The highest BCUT2D eigenvalue weighted by Gasteiger charge is 2.13. The van der Waals surface area contributed by atoms with Crippen LogP contribution in [-0.4, -0.2) is 31.2 Å². The number of aliphatic carboxylic acids is 1. The lowest BCUT2D eigenvalue weighted by molar-refractivity contribution is -0.131. The summed E-state index contributed by atoms with van der Waals surface area (Å²) in [6.45, 7) is 2.04. The minimum Gasteiger partial charge on any atom is -0.477 e. The third-order valence-electron chi connectivity index (χ3n) is 2.41. The van der Waals surface area contributed by atoms with Gasteiger partial charge >= 0.3 is 5.97 Å². The van der Waals surface area contributed by atoms with E-state index in [0.717, 1.165) is 36.0 Å². The fourth-order valence-corrected chi connectivity index (χ4v) is 2.24. The highest BCUT2D eigenvalue weighted by Crippen LogP contribution is 2.25. The fourth-order valence-electron chi connectivity index (χ4n) is 1.52. The van der Waals surface area contributed by atoms with Crippen LogP contribution in [0, 0.1) is 0 Å². The fraction of sp³-hybridized carbons (Fsp3) is 0.231. The number of aromatic amines is 1. The second kappa shape index (κ2) is 6.85. The lowest BCUT2D eigenvalue weighted by Crippen LogP contribution is -1.97. The van der Waals surface area contributed by atoms with E-state index in [1.54, 1.807) is 30.6 Å². The predicted molar refractivity (Wildman–Crippen MR) is 76.1 cm³/mol. The van der Waals surface area contributed by atoms with Crippen LogP contribution in [0.2, 0.25) is 0 Å². The largest absolute Gasteiger partial charge is 0.477 e. The van der Waals surface area contributed by atoms with Crippen molar-refractivity contribution in [3.05, 3.63) is 40.8 Å². The van der Waals surface area contributed by atoms with Gasteiger partial charge in [0.15, 0.2) is 0 Å². The molecule has 2 aromatic rings. The van der Waals surface area contributed by atoms with Crippen molar-refractivity contribution in [2.75, 3.05) is 0 Å². The first-order valence-electron chi connectivity index (χ1n) is 6.13. The first kappa shape index (κ1) is 14.3. The van der Waals surface area contributed by atoms with Crippen LogP contribution in [0.15, 0.2) is 34.6 Å². The second-order valence-electron chi connectivity index (χ2n) is 4.01. The van der Waals surface area contributed by atoms with Crippen molar-refractivity contribution in [3.8, 4) is 0 Å². The van der Waals surface area contributed by atoms with Crippen molar-refractivity contribution in [1.82, 2.24) is 20.2 Å². The number of carboxylic acid groups (broad SMARTS) is 1. The molecule has 20 heavy (non-hydrogen) atoms. The van der Waals surface area contributed by atoms with Crippen LogP contribution >= 0.6 is 11.8 Å². The van der Waals surface area contributed by atoms with Gasteiger partial charge in [-0.1, -0.05) is 6.92 Å². The SMILES string of the molecule is CCCc1nc(S/C(=C/c2ccncc2)C(=O)O)n[nH]1. The Kier molecular flexibility index (Phi) is 4.89. The molecule has 2 N–H and O–H groups in total. The Hall–Kier alpha value is -2.15. The maximum absolute atomic E-state index is 11.3. The van der Waals surface area contributed by atoms with Gasteiger partial charge in [0.1, 0.15) is 10.7 Å². The molecule has 0 radical (unpaired) electrons. The van der Waals surface area contributed by atoms with Gasteiger partial charge in [-0.15, -0.1) is 5.10 Å². The van der Waals surface area contributed by atoms with Gasteiger partial charge in [-0.05, 0) is 42.0 Å². The summed E-state index contributed by atoms with van der Waals surface area (Å²) < 4.78 is 0. The first-order chi connectivity index (χ1) is 9.69. The number of hydrogen-bond donors (Lipinski definition) is 2. The Morgan fingerprint density at radius 3 is 2.85 bits per heavy atom. The molecular weight excluding hydrogens is 276 g/mol. The average Bonchev–Trinajstić information content (AvgIpc) is 2.87. The summed E-state index contributed by atoms with van der Waals surface area (Å²) in [5.41, 5.74) is 0.772. The molecule has 2 heterocycles. The van der Waals surface area contributed by atoms with Gasteiger partial charge in [0, 0.05) is 18.8 Å². The monoisotopic (exact) mass is 290 g/mol. The number of aromatic nitrogens is 4. The summed E-state index contributed by atoms with van der Waals surface area (Å²) in [5.74, 6) is -0.239. The number of carboxylic acids is 1. The molecule has 0 unspecified atom stereocenters. The maximum Gasteiger partial charge on any atom is 0.342 e. The van der Waals surface area contributed by atoms with Crippen molar-refractivity contribution < 1.29 is 9.90 Å². The zero-order chi connectivity index (χ0) is 14.4. The van der Waals surface area contributed by atoms with Gasteiger partial charge < -0.3 is 5.11 Å². The first-order valence-corrected chi connectivity index (χ1v) is 6.95. The van der Waals surface area contributed by atoms with Gasteiger partial charge in [0.25, 0.3) is 0 Å². The summed E-state index contributed by atoms with van der Waals surface area (Å²) in [5, 5.41) is 16.5. The molecule has 0 amide bonds. The Bertz CT molecular complexity index is 610. The highest BCUT2D eigenvalue weighted by molar-refractivity contribution is 8.04. The molecule has 104 valence electrons. The molecule has 0 fully saturated rings. The third kappa shape index (κ3) is 3.92. The molecule has 0 aliphatic heterocycles. The smallest absolute Gasteiger partial charge is 0.342 e. The van der Waals surface area contributed by atoms with Gasteiger partial charge in [0.2, 0.25) is 5.16 Å². The molecule has 0 atom stereocenters. The Balaban J connectivity index is 2.17. The van der Waals surface area contributed by atoms with E-state index >= 15 is 0 Å². The Labute approximate surface area is 120 Å². The quantitative estimate of drug-likeness (QED) is 0.627. The highest BCUT2D eigenvalue weighted by atomic mass is 32.2. The minimum atomic E-state index is -1.01. The number of hydrogen-bond acceptors (Lipinski definition) is 5. The zero-order valence-corrected chi connectivity index (χ0v) is 11.7. The predicted octanol–water partition coefficient (Wildman–Crippen LogP) is 2.37. The number of aryl methyl sites for hydroxylation is 1. The summed E-state index contributed by atoms with van der Waals surface area (Å²) in [6.07, 6.45) is 6.55. The number of H-pyrrole nitrogens is 1. The third-order valence-corrected chi connectivity index (χ3v) is 3.29. The Morgan fingerprint density at radius 1 is 1.45 bits per heavy atom. The maximum atomic E-state index is 11.3. The van der Waals surface area contributed by atoms with Gasteiger partial charge in [-0.25, -0.2) is 9.78 Å². The standard InChI is InChI=1S/C13H14N4O2S/c1-2-3-11-15-13(17-16-11)20-10(12(18)19)8-9-4-6-14-7-5-9/h4-8H,2-3H2,1H3,(H,18,19)(H,15,16,17)/b10-8+.